The summed E-state index contributed by atoms with van der Waals surface area (Å²) in [5.41, 5.74) is 0.470. The van der Waals surface area contributed by atoms with Gasteiger partial charge in [0.25, 0.3) is 0 Å². The molecule has 5 heteroatoms. The summed E-state index contributed by atoms with van der Waals surface area (Å²) in [5, 5.41) is 4.02. The molecule has 1 spiro atoms. The van der Waals surface area contributed by atoms with E-state index in [0.29, 0.717) is 23.5 Å². The van der Waals surface area contributed by atoms with Crippen LogP contribution in [0.3, 0.4) is 0 Å². The molecule has 4 fully saturated rings. The molecule has 0 bridgehead atoms. The normalized spacial score (nSPS) is 36.4. The monoisotopic (exact) mass is 342 g/mol. The predicted molar refractivity (Wildman–Crippen MR) is 97.5 cm³/mol. The SMILES string of the molecule is c1cnc(N2CCCC(CNC3C4CCOC4C34CCCC4)C2)nc1. The molecule has 0 aromatic carbocycles. The third kappa shape index (κ3) is 2.67. The third-order valence-electron chi connectivity index (χ3n) is 7.27. The Bertz CT molecular complexity index is 589. The average molecular weight is 342 g/mol. The van der Waals surface area contributed by atoms with Crippen molar-refractivity contribution in [1.29, 1.82) is 0 Å². The lowest BCUT2D eigenvalue weighted by Crippen LogP contribution is -2.68. The molecule has 4 atom stereocenters. The van der Waals surface area contributed by atoms with E-state index in [-0.39, 0.29) is 0 Å². The van der Waals surface area contributed by atoms with Crippen molar-refractivity contribution in [3.05, 3.63) is 18.5 Å². The van der Waals surface area contributed by atoms with Crippen LogP contribution in [0.25, 0.3) is 0 Å². The fourth-order valence-corrected chi connectivity index (χ4v) is 6.17. The quantitative estimate of drug-likeness (QED) is 0.911. The van der Waals surface area contributed by atoms with E-state index in [9.17, 15) is 0 Å². The standard InChI is InChI=1S/C20H30N4O/c1-2-8-20(7-1)17(16-6-12-25-18(16)20)23-13-15-5-3-11-24(14-15)19-21-9-4-10-22-19/h4,9-10,15-18,23H,1-3,5-8,11-14H2. The van der Waals surface area contributed by atoms with Gasteiger partial charge < -0.3 is 15.0 Å². The summed E-state index contributed by atoms with van der Waals surface area (Å²) in [6, 6.07) is 2.59. The lowest BCUT2D eigenvalue weighted by molar-refractivity contribution is -0.131. The second-order valence-electron chi connectivity index (χ2n) is 8.57. The molecule has 2 aliphatic carbocycles. The molecule has 2 saturated carbocycles. The molecule has 3 heterocycles. The summed E-state index contributed by atoms with van der Waals surface area (Å²) in [6.45, 7) is 4.30. The van der Waals surface area contributed by atoms with Crippen LogP contribution in [0.5, 0.6) is 0 Å². The van der Waals surface area contributed by atoms with Crippen LogP contribution in [0, 0.1) is 17.3 Å². The van der Waals surface area contributed by atoms with Crippen molar-refractivity contribution >= 4 is 5.95 Å². The molecular weight excluding hydrogens is 312 g/mol. The minimum absolute atomic E-state index is 0.470. The number of nitrogens with zero attached hydrogens (tertiary/aromatic N) is 3. The smallest absolute Gasteiger partial charge is 0.225 e. The number of rotatable bonds is 4. The van der Waals surface area contributed by atoms with Crippen LogP contribution >= 0.6 is 0 Å². The highest BCUT2D eigenvalue weighted by Crippen LogP contribution is 2.60. The van der Waals surface area contributed by atoms with Crippen LogP contribution in [-0.2, 0) is 4.74 Å². The highest BCUT2D eigenvalue weighted by Gasteiger charge is 2.64. The summed E-state index contributed by atoms with van der Waals surface area (Å²) < 4.78 is 6.12. The van der Waals surface area contributed by atoms with Gasteiger partial charge in [0.1, 0.15) is 0 Å². The minimum atomic E-state index is 0.470. The van der Waals surface area contributed by atoms with E-state index in [1.807, 2.05) is 18.5 Å². The van der Waals surface area contributed by atoms with Crippen molar-refractivity contribution < 1.29 is 4.74 Å². The van der Waals surface area contributed by atoms with Gasteiger partial charge in [-0.05, 0) is 50.6 Å². The lowest BCUT2D eigenvalue weighted by atomic mass is 9.54. The molecule has 1 aromatic rings. The predicted octanol–water partition coefficient (Wildman–Crippen LogP) is 2.63. The summed E-state index contributed by atoms with van der Waals surface area (Å²) in [4.78, 5) is 11.2. The van der Waals surface area contributed by atoms with Crippen molar-refractivity contribution in [1.82, 2.24) is 15.3 Å². The van der Waals surface area contributed by atoms with E-state index in [4.69, 9.17) is 4.74 Å². The minimum Gasteiger partial charge on any atom is -0.377 e. The average Bonchev–Trinajstić information content (AvgIpc) is 3.32. The zero-order chi connectivity index (χ0) is 16.7. The summed E-state index contributed by atoms with van der Waals surface area (Å²) in [7, 11) is 0. The van der Waals surface area contributed by atoms with E-state index in [2.05, 4.69) is 20.2 Å². The first kappa shape index (κ1) is 16.0. The van der Waals surface area contributed by atoms with Gasteiger partial charge in [-0.1, -0.05) is 12.8 Å². The number of nitrogens with one attached hydrogen (secondary N) is 1. The number of hydrogen-bond donors (Lipinski definition) is 1. The largest absolute Gasteiger partial charge is 0.377 e. The van der Waals surface area contributed by atoms with Crippen molar-refractivity contribution in [2.75, 3.05) is 31.1 Å². The Morgan fingerprint density at radius 1 is 1.16 bits per heavy atom. The second kappa shape index (κ2) is 6.51. The summed E-state index contributed by atoms with van der Waals surface area (Å²) in [6.07, 6.45) is 13.6. The summed E-state index contributed by atoms with van der Waals surface area (Å²) >= 11 is 0. The molecule has 4 unspecified atom stereocenters. The van der Waals surface area contributed by atoms with Crippen LogP contribution in [0.2, 0.25) is 0 Å². The van der Waals surface area contributed by atoms with Gasteiger partial charge in [-0.25, -0.2) is 9.97 Å². The van der Waals surface area contributed by atoms with Gasteiger partial charge in [-0.3, -0.25) is 0 Å². The van der Waals surface area contributed by atoms with E-state index in [1.165, 1.54) is 44.9 Å². The molecular formula is C20H30N4O. The molecule has 136 valence electrons. The molecule has 4 aliphatic rings. The fourth-order valence-electron chi connectivity index (χ4n) is 6.17. The second-order valence-corrected chi connectivity index (χ2v) is 8.57. The van der Waals surface area contributed by atoms with Gasteiger partial charge >= 0.3 is 0 Å². The van der Waals surface area contributed by atoms with Crippen molar-refractivity contribution in [3.63, 3.8) is 0 Å². The Kier molecular flexibility index (Phi) is 4.17. The Hall–Kier alpha value is -1.20. The van der Waals surface area contributed by atoms with Gasteiger partial charge in [0, 0.05) is 49.5 Å². The maximum atomic E-state index is 6.12. The Morgan fingerprint density at radius 2 is 2.00 bits per heavy atom. The maximum absolute atomic E-state index is 6.12. The highest BCUT2D eigenvalue weighted by atomic mass is 16.5. The number of anilines is 1. The Morgan fingerprint density at radius 3 is 2.84 bits per heavy atom. The first-order valence-corrected chi connectivity index (χ1v) is 10.2. The van der Waals surface area contributed by atoms with Crippen LogP contribution < -0.4 is 10.2 Å². The van der Waals surface area contributed by atoms with Crippen LogP contribution in [0.15, 0.2) is 18.5 Å². The molecule has 1 N–H and O–H groups in total. The van der Waals surface area contributed by atoms with E-state index in [1.54, 1.807) is 0 Å². The molecule has 25 heavy (non-hydrogen) atoms. The Balaban J connectivity index is 1.21. The summed E-state index contributed by atoms with van der Waals surface area (Å²) in [5.74, 6) is 2.37. The van der Waals surface area contributed by atoms with E-state index >= 15 is 0 Å². The van der Waals surface area contributed by atoms with Crippen LogP contribution in [0.4, 0.5) is 5.95 Å². The topological polar surface area (TPSA) is 50.3 Å². The van der Waals surface area contributed by atoms with Crippen molar-refractivity contribution in [2.45, 2.75) is 57.1 Å². The number of piperidine rings is 1. The van der Waals surface area contributed by atoms with Crippen LogP contribution in [0.1, 0.15) is 44.9 Å². The molecule has 0 radical (unpaired) electrons. The van der Waals surface area contributed by atoms with Crippen molar-refractivity contribution in [3.8, 4) is 0 Å². The number of aromatic nitrogens is 2. The van der Waals surface area contributed by atoms with Gasteiger partial charge in [-0.2, -0.15) is 0 Å². The molecule has 0 amide bonds. The molecule has 5 rings (SSSR count). The van der Waals surface area contributed by atoms with Crippen LogP contribution in [-0.4, -0.2) is 48.4 Å². The van der Waals surface area contributed by atoms with Gasteiger partial charge in [0.15, 0.2) is 0 Å². The number of hydrogen-bond acceptors (Lipinski definition) is 5. The molecule has 2 saturated heterocycles. The molecule has 5 nitrogen and oxygen atoms in total. The molecule has 1 aromatic heterocycles. The first-order chi connectivity index (χ1) is 12.4. The third-order valence-corrected chi connectivity index (χ3v) is 7.27. The number of fused-ring (bicyclic) bond motifs is 2. The van der Waals surface area contributed by atoms with Crippen molar-refractivity contribution in [2.24, 2.45) is 17.3 Å². The fraction of sp³-hybridized carbons (Fsp3) is 0.800. The zero-order valence-electron chi connectivity index (χ0n) is 15.1. The van der Waals surface area contributed by atoms with E-state index < -0.39 is 0 Å². The molecule has 2 aliphatic heterocycles. The highest BCUT2D eigenvalue weighted by molar-refractivity contribution is 5.29. The van der Waals surface area contributed by atoms with Gasteiger partial charge in [0.2, 0.25) is 5.95 Å². The van der Waals surface area contributed by atoms with Gasteiger partial charge in [-0.15, -0.1) is 0 Å². The number of ether oxygens (including phenoxy) is 1. The lowest BCUT2D eigenvalue weighted by Gasteiger charge is -2.57. The Labute approximate surface area is 150 Å². The first-order valence-electron chi connectivity index (χ1n) is 10.2. The van der Waals surface area contributed by atoms with E-state index in [0.717, 1.165) is 38.1 Å². The zero-order valence-corrected chi connectivity index (χ0v) is 15.1. The maximum Gasteiger partial charge on any atom is 0.225 e. The van der Waals surface area contributed by atoms with Gasteiger partial charge in [0.05, 0.1) is 6.10 Å².